The van der Waals surface area contributed by atoms with E-state index in [0.29, 0.717) is 24.7 Å². The van der Waals surface area contributed by atoms with E-state index in [-0.39, 0.29) is 22.1 Å². The van der Waals surface area contributed by atoms with E-state index in [1.54, 1.807) is 6.92 Å². The molecule has 1 aliphatic rings. The van der Waals surface area contributed by atoms with Crippen molar-refractivity contribution in [2.75, 3.05) is 17.4 Å². The van der Waals surface area contributed by atoms with Crippen LogP contribution in [0.3, 0.4) is 0 Å². The second-order valence-corrected chi connectivity index (χ2v) is 6.87. The van der Waals surface area contributed by atoms with Crippen molar-refractivity contribution in [3.05, 3.63) is 40.2 Å². The van der Waals surface area contributed by atoms with E-state index in [1.807, 2.05) is 13.8 Å². The molecule has 26 heavy (non-hydrogen) atoms. The van der Waals surface area contributed by atoms with Gasteiger partial charge in [-0.25, -0.2) is 22.8 Å². The number of fused-ring (bicyclic) bond motifs is 1. The Hall–Kier alpha value is -2.16. The van der Waals surface area contributed by atoms with Gasteiger partial charge in [0, 0.05) is 17.6 Å². The molecule has 1 atom stereocenters. The molecule has 0 aliphatic carbocycles. The normalized spacial score (nSPS) is 16.2. The number of hydrogen-bond acceptors (Lipinski definition) is 4. The molecule has 1 aromatic heterocycles. The molecule has 0 saturated heterocycles. The van der Waals surface area contributed by atoms with E-state index in [1.165, 1.54) is 4.68 Å². The Morgan fingerprint density at radius 2 is 1.88 bits per heavy atom. The Balaban J connectivity index is 2.43. The van der Waals surface area contributed by atoms with Gasteiger partial charge in [-0.1, -0.05) is 25.4 Å². The third-order valence-corrected chi connectivity index (χ3v) is 4.59. The fraction of sp³-hybridized carbons (Fsp3) is 0.375. The third kappa shape index (κ3) is 3.16. The molecule has 2 radical (unpaired) electrons. The van der Waals surface area contributed by atoms with Crippen molar-refractivity contribution in [2.24, 2.45) is 10.9 Å². The monoisotopic (exact) mass is 381 g/mol. The van der Waals surface area contributed by atoms with Crippen molar-refractivity contribution in [1.82, 2.24) is 9.66 Å². The van der Waals surface area contributed by atoms with E-state index in [4.69, 9.17) is 19.4 Å². The standard InChI is InChI=1S/C16H16BClF3N5/c1-7(2)16(3,17)25-14-12(11-9(20)4-8(19)5-10(11)21)13(18)24-15-22-6-23-26(14)15/h4-5,7,23H,6H2,1-3H3,(H,22,24)/b25-14-. The van der Waals surface area contributed by atoms with Crippen LogP contribution in [0.25, 0.3) is 11.1 Å². The van der Waals surface area contributed by atoms with Crippen molar-refractivity contribution in [2.45, 2.75) is 26.2 Å². The summed E-state index contributed by atoms with van der Waals surface area (Å²) in [5, 5.41) is 2.74. The van der Waals surface area contributed by atoms with Gasteiger partial charge in [-0.2, -0.15) is 0 Å². The summed E-state index contributed by atoms with van der Waals surface area (Å²) in [4.78, 5) is 8.59. The van der Waals surface area contributed by atoms with E-state index in [2.05, 4.69) is 20.7 Å². The first-order valence-electron chi connectivity index (χ1n) is 7.92. The summed E-state index contributed by atoms with van der Waals surface area (Å²) in [6, 6.07) is 1.15. The van der Waals surface area contributed by atoms with E-state index in [0.717, 1.165) is 0 Å². The van der Waals surface area contributed by atoms with Crippen LogP contribution in [0.15, 0.2) is 17.1 Å². The van der Waals surface area contributed by atoms with Crippen molar-refractivity contribution >= 4 is 25.4 Å². The Morgan fingerprint density at radius 3 is 2.46 bits per heavy atom. The Kier molecular flexibility index (Phi) is 4.68. The number of nitrogens with zero attached hydrogens (tertiary/aromatic N) is 3. The second kappa shape index (κ2) is 6.53. The van der Waals surface area contributed by atoms with Gasteiger partial charge in [0.25, 0.3) is 0 Å². The van der Waals surface area contributed by atoms with Crippen LogP contribution in [-0.2, 0) is 0 Å². The molecule has 3 rings (SSSR count). The summed E-state index contributed by atoms with van der Waals surface area (Å²) in [5.74, 6) is -3.03. The molecule has 0 bridgehead atoms. The zero-order valence-corrected chi connectivity index (χ0v) is 15.1. The lowest BCUT2D eigenvalue weighted by molar-refractivity contribution is 0.459. The van der Waals surface area contributed by atoms with Crippen LogP contribution in [-0.4, -0.2) is 29.6 Å². The number of nitrogens with one attached hydrogen (secondary N) is 2. The van der Waals surface area contributed by atoms with E-state index >= 15 is 0 Å². The molecule has 2 N–H and O–H groups in total. The summed E-state index contributed by atoms with van der Waals surface area (Å²) in [7, 11) is 6.24. The van der Waals surface area contributed by atoms with Crippen LogP contribution in [0.1, 0.15) is 20.8 Å². The number of halogens is 4. The van der Waals surface area contributed by atoms with Gasteiger partial charge in [0.1, 0.15) is 37.1 Å². The van der Waals surface area contributed by atoms with Gasteiger partial charge in [0.2, 0.25) is 5.95 Å². The third-order valence-electron chi connectivity index (χ3n) is 4.31. The predicted molar refractivity (Wildman–Crippen MR) is 95.0 cm³/mol. The lowest BCUT2D eigenvalue weighted by Crippen LogP contribution is -2.37. The fourth-order valence-corrected chi connectivity index (χ4v) is 2.69. The minimum absolute atomic E-state index is 0.0872. The number of aromatic nitrogens is 2. The van der Waals surface area contributed by atoms with Crippen LogP contribution >= 0.6 is 11.6 Å². The maximum atomic E-state index is 14.4. The number of anilines is 1. The fourth-order valence-electron chi connectivity index (χ4n) is 2.43. The summed E-state index contributed by atoms with van der Waals surface area (Å²) >= 11 is 6.22. The highest BCUT2D eigenvalue weighted by atomic mass is 35.5. The minimum atomic E-state index is -1.11. The van der Waals surface area contributed by atoms with Gasteiger partial charge in [0.15, 0.2) is 5.49 Å². The molecule has 136 valence electrons. The SMILES string of the molecule is [B]C(C)(/N=c1/c(-c2c(F)cc(F)cc2F)c(Cl)nc2n1NCN2)C(C)C. The van der Waals surface area contributed by atoms with Crippen molar-refractivity contribution in [3.8, 4) is 11.1 Å². The Morgan fingerprint density at radius 1 is 1.27 bits per heavy atom. The van der Waals surface area contributed by atoms with Crippen LogP contribution in [0, 0.1) is 23.4 Å². The number of benzene rings is 1. The molecule has 1 aromatic carbocycles. The van der Waals surface area contributed by atoms with Crippen molar-refractivity contribution in [1.29, 1.82) is 0 Å². The van der Waals surface area contributed by atoms with Crippen molar-refractivity contribution < 1.29 is 13.2 Å². The van der Waals surface area contributed by atoms with Crippen molar-refractivity contribution in [3.63, 3.8) is 0 Å². The topological polar surface area (TPSA) is 54.2 Å². The molecule has 0 amide bonds. The highest BCUT2D eigenvalue weighted by molar-refractivity contribution is 6.32. The molecule has 10 heteroatoms. The lowest BCUT2D eigenvalue weighted by Gasteiger charge is -2.26. The van der Waals surface area contributed by atoms with Crippen LogP contribution < -0.4 is 16.2 Å². The predicted octanol–water partition coefficient (Wildman–Crippen LogP) is 2.99. The molecule has 2 heterocycles. The molecule has 1 aliphatic heterocycles. The van der Waals surface area contributed by atoms with Gasteiger partial charge >= 0.3 is 0 Å². The van der Waals surface area contributed by atoms with E-state index in [9.17, 15) is 13.2 Å². The lowest BCUT2D eigenvalue weighted by atomic mass is 9.71. The molecular formula is C16H16BClF3N5. The van der Waals surface area contributed by atoms with E-state index < -0.39 is 28.5 Å². The largest absolute Gasteiger partial charge is 0.336 e. The zero-order chi connectivity index (χ0) is 19.2. The minimum Gasteiger partial charge on any atom is -0.336 e. The Labute approximate surface area is 154 Å². The molecule has 5 nitrogen and oxygen atoms in total. The summed E-state index contributed by atoms with van der Waals surface area (Å²) in [5.41, 5.74) is 1.33. The summed E-state index contributed by atoms with van der Waals surface area (Å²) in [6.07, 6.45) is 0. The molecule has 2 aromatic rings. The zero-order valence-electron chi connectivity index (χ0n) is 14.4. The van der Waals surface area contributed by atoms with Gasteiger partial charge < -0.3 is 10.7 Å². The highest BCUT2D eigenvalue weighted by Crippen LogP contribution is 2.31. The second-order valence-electron chi connectivity index (χ2n) is 6.51. The van der Waals surface area contributed by atoms with Gasteiger partial charge in [-0.3, -0.25) is 4.99 Å². The molecule has 0 fully saturated rings. The first kappa shape index (κ1) is 18.6. The first-order valence-corrected chi connectivity index (χ1v) is 8.29. The highest BCUT2D eigenvalue weighted by Gasteiger charge is 2.27. The van der Waals surface area contributed by atoms with Gasteiger partial charge in [-0.15, -0.1) is 0 Å². The average molecular weight is 382 g/mol. The molecular weight excluding hydrogens is 365 g/mol. The van der Waals surface area contributed by atoms with Gasteiger partial charge in [-0.05, 0) is 12.8 Å². The summed E-state index contributed by atoms with van der Waals surface area (Å²) < 4.78 is 43.6. The van der Waals surface area contributed by atoms with Crippen LogP contribution in [0.2, 0.25) is 5.15 Å². The van der Waals surface area contributed by atoms with Gasteiger partial charge in [0.05, 0.1) is 11.1 Å². The Bertz CT molecular complexity index is 919. The maximum absolute atomic E-state index is 14.4. The smallest absolute Gasteiger partial charge is 0.226 e. The molecule has 1 unspecified atom stereocenters. The van der Waals surface area contributed by atoms with Crippen LogP contribution in [0.5, 0.6) is 0 Å². The quantitative estimate of drug-likeness (QED) is 0.635. The average Bonchev–Trinajstić information content (AvgIpc) is 2.96. The maximum Gasteiger partial charge on any atom is 0.226 e. The first-order chi connectivity index (χ1) is 12.1. The summed E-state index contributed by atoms with van der Waals surface area (Å²) in [6.45, 7) is 5.72. The molecule has 0 spiro atoms. The van der Waals surface area contributed by atoms with Crippen LogP contribution in [0.4, 0.5) is 19.1 Å². The number of rotatable bonds is 3. The molecule has 0 saturated carbocycles. The number of hydrogen-bond donors (Lipinski definition) is 2.